The summed E-state index contributed by atoms with van der Waals surface area (Å²) in [5.74, 6) is 0. The summed E-state index contributed by atoms with van der Waals surface area (Å²) in [6.07, 6.45) is 2.85. The minimum atomic E-state index is -3.85. The van der Waals surface area contributed by atoms with Crippen molar-refractivity contribution < 1.29 is 16.8 Å². The SMILES string of the molecule is CCCCN(SN(CCCC)S(=O)(=O)c1ccccc1)S(=O)(=O)c1ccccc1. The van der Waals surface area contributed by atoms with Gasteiger partial charge in [0, 0.05) is 25.2 Å². The number of unbranched alkanes of at least 4 members (excludes halogenated alkanes) is 2. The van der Waals surface area contributed by atoms with E-state index in [1.54, 1.807) is 36.4 Å². The molecule has 0 N–H and O–H groups in total. The van der Waals surface area contributed by atoms with Crippen LogP contribution in [0.2, 0.25) is 0 Å². The molecule has 0 heterocycles. The zero-order chi connectivity index (χ0) is 21.3. The lowest BCUT2D eigenvalue weighted by molar-refractivity contribution is 0.507. The van der Waals surface area contributed by atoms with Crippen LogP contribution in [0.3, 0.4) is 0 Å². The van der Waals surface area contributed by atoms with Crippen molar-refractivity contribution in [2.24, 2.45) is 0 Å². The molecule has 0 saturated carbocycles. The fourth-order valence-corrected chi connectivity index (χ4v) is 7.17. The highest BCUT2D eigenvalue weighted by Crippen LogP contribution is 2.31. The van der Waals surface area contributed by atoms with E-state index >= 15 is 0 Å². The third kappa shape index (κ3) is 6.29. The van der Waals surface area contributed by atoms with Crippen LogP contribution in [0.25, 0.3) is 0 Å². The number of sulfonamides is 2. The quantitative estimate of drug-likeness (QED) is 0.439. The molecule has 0 radical (unpaired) electrons. The van der Waals surface area contributed by atoms with Crippen molar-refractivity contribution in [1.29, 1.82) is 0 Å². The lowest BCUT2D eigenvalue weighted by atomic mass is 10.3. The summed E-state index contributed by atoms with van der Waals surface area (Å²) in [6.45, 7) is 4.39. The number of rotatable bonds is 12. The highest BCUT2D eigenvalue weighted by atomic mass is 32.3. The maximum Gasteiger partial charge on any atom is 0.253 e. The van der Waals surface area contributed by atoms with Crippen LogP contribution in [0.4, 0.5) is 0 Å². The second kappa shape index (κ2) is 11.1. The van der Waals surface area contributed by atoms with E-state index in [2.05, 4.69) is 0 Å². The Hall–Kier alpha value is -1.39. The number of benzene rings is 2. The maximum atomic E-state index is 13.2. The molecule has 0 aromatic heterocycles. The van der Waals surface area contributed by atoms with Gasteiger partial charge in [0.2, 0.25) is 0 Å². The molecule has 0 bridgehead atoms. The predicted octanol–water partition coefficient (Wildman–Crippen LogP) is 4.53. The van der Waals surface area contributed by atoms with Gasteiger partial charge in [-0.1, -0.05) is 63.1 Å². The smallest absolute Gasteiger partial charge is 0.206 e. The van der Waals surface area contributed by atoms with E-state index in [0.717, 1.165) is 25.0 Å². The Morgan fingerprint density at radius 2 is 1.00 bits per heavy atom. The van der Waals surface area contributed by atoms with E-state index in [1.165, 1.54) is 31.7 Å². The molecule has 2 aromatic carbocycles. The van der Waals surface area contributed by atoms with Crippen molar-refractivity contribution in [3.63, 3.8) is 0 Å². The summed E-state index contributed by atoms with van der Waals surface area (Å²) >= 11 is 0.764. The molecule has 0 saturated heterocycles. The molecule has 2 aromatic rings. The lowest BCUT2D eigenvalue weighted by Crippen LogP contribution is -2.35. The van der Waals surface area contributed by atoms with Crippen molar-refractivity contribution in [2.75, 3.05) is 13.1 Å². The first-order valence-corrected chi connectivity index (χ1v) is 13.3. The van der Waals surface area contributed by atoms with E-state index in [-0.39, 0.29) is 22.9 Å². The molecule has 0 atom stereocenters. The fourth-order valence-electron chi connectivity index (χ4n) is 2.51. The molecule has 0 aliphatic heterocycles. The van der Waals surface area contributed by atoms with Crippen molar-refractivity contribution >= 4 is 32.2 Å². The van der Waals surface area contributed by atoms with Gasteiger partial charge in [-0.3, -0.25) is 0 Å². The summed E-state index contributed by atoms with van der Waals surface area (Å²) in [7, 11) is -7.69. The van der Waals surface area contributed by atoms with E-state index in [0.29, 0.717) is 12.8 Å². The zero-order valence-corrected chi connectivity index (χ0v) is 19.2. The molecule has 29 heavy (non-hydrogen) atoms. The Labute approximate surface area is 179 Å². The monoisotopic (exact) mass is 456 g/mol. The van der Waals surface area contributed by atoms with Gasteiger partial charge >= 0.3 is 0 Å². The van der Waals surface area contributed by atoms with Gasteiger partial charge in [-0.05, 0) is 37.1 Å². The lowest BCUT2D eigenvalue weighted by Gasteiger charge is -2.27. The summed E-state index contributed by atoms with van der Waals surface area (Å²) in [6, 6.07) is 16.2. The van der Waals surface area contributed by atoms with Gasteiger partial charge < -0.3 is 0 Å². The first-order valence-electron chi connectivity index (χ1n) is 9.67. The first kappa shape index (κ1) is 23.9. The molecule has 6 nitrogen and oxygen atoms in total. The van der Waals surface area contributed by atoms with Crippen molar-refractivity contribution in [2.45, 2.75) is 49.3 Å². The normalized spacial score (nSPS) is 12.6. The number of hydrogen-bond donors (Lipinski definition) is 0. The molecule has 0 unspecified atom stereocenters. The molecule has 0 aliphatic carbocycles. The molecule has 0 fully saturated rings. The van der Waals surface area contributed by atoms with Gasteiger partial charge in [0.15, 0.2) is 0 Å². The Kier molecular flexibility index (Phi) is 9.16. The number of hydrogen-bond acceptors (Lipinski definition) is 5. The van der Waals surface area contributed by atoms with Crippen molar-refractivity contribution in [3.8, 4) is 0 Å². The molecule has 0 amide bonds. The van der Waals surface area contributed by atoms with E-state index in [4.69, 9.17) is 0 Å². The average Bonchev–Trinajstić information content (AvgIpc) is 2.74. The first-order chi connectivity index (χ1) is 13.8. The second-order valence-electron chi connectivity index (χ2n) is 6.48. The van der Waals surface area contributed by atoms with Gasteiger partial charge in [-0.25, -0.2) is 16.8 Å². The molecular weight excluding hydrogens is 428 g/mol. The largest absolute Gasteiger partial charge is 0.253 e. The Bertz CT molecular complexity index is 870. The summed E-state index contributed by atoms with van der Waals surface area (Å²) < 4.78 is 55.2. The number of nitrogens with zero attached hydrogens (tertiary/aromatic N) is 2. The van der Waals surface area contributed by atoms with Gasteiger partial charge in [0.1, 0.15) is 0 Å². The Balaban J connectivity index is 2.40. The third-order valence-electron chi connectivity index (χ3n) is 4.19. The minimum Gasteiger partial charge on any atom is -0.206 e. The summed E-state index contributed by atoms with van der Waals surface area (Å²) in [4.78, 5) is 0.298. The maximum absolute atomic E-state index is 13.2. The minimum absolute atomic E-state index is 0.149. The molecule has 2 rings (SSSR count). The second-order valence-corrected chi connectivity index (χ2v) is 11.7. The average molecular weight is 457 g/mol. The fraction of sp³-hybridized carbons (Fsp3) is 0.400. The predicted molar refractivity (Wildman–Crippen MR) is 118 cm³/mol. The van der Waals surface area contributed by atoms with Crippen molar-refractivity contribution in [3.05, 3.63) is 60.7 Å². The van der Waals surface area contributed by atoms with Gasteiger partial charge in [-0.15, -0.1) is 7.42 Å². The van der Waals surface area contributed by atoms with E-state index < -0.39 is 20.0 Å². The van der Waals surface area contributed by atoms with Crippen LogP contribution in [0.1, 0.15) is 39.5 Å². The van der Waals surface area contributed by atoms with Crippen LogP contribution in [-0.2, 0) is 20.0 Å². The van der Waals surface area contributed by atoms with Crippen LogP contribution in [0, 0.1) is 0 Å². The zero-order valence-electron chi connectivity index (χ0n) is 16.8. The van der Waals surface area contributed by atoms with Crippen LogP contribution in [0.15, 0.2) is 70.5 Å². The highest BCUT2D eigenvalue weighted by Gasteiger charge is 2.33. The van der Waals surface area contributed by atoms with Gasteiger partial charge in [-0.2, -0.15) is 0 Å². The highest BCUT2D eigenvalue weighted by molar-refractivity contribution is 8.13. The van der Waals surface area contributed by atoms with Crippen LogP contribution >= 0.6 is 12.1 Å². The Morgan fingerprint density at radius 3 is 1.31 bits per heavy atom. The van der Waals surface area contributed by atoms with Crippen LogP contribution < -0.4 is 0 Å². The summed E-state index contributed by atoms with van der Waals surface area (Å²) in [5.41, 5.74) is 0. The van der Waals surface area contributed by atoms with Crippen molar-refractivity contribution in [1.82, 2.24) is 7.42 Å². The summed E-state index contributed by atoms with van der Waals surface area (Å²) in [5, 5.41) is 0. The molecule has 160 valence electrons. The molecule has 9 heteroatoms. The standard InChI is InChI=1S/C20H28N2O4S3/c1-3-5-17-21(28(23,24)19-13-9-7-10-14-19)27-22(18-6-4-2)29(25,26)20-15-11-8-12-16-20/h7-16H,3-6,17-18H2,1-2H3. The van der Waals surface area contributed by atoms with Crippen LogP contribution in [0.5, 0.6) is 0 Å². The third-order valence-corrected chi connectivity index (χ3v) is 9.67. The van der Waals surface area contributed by atoms with E-state index in [9.17, 15) is 16.8 Å². The molecule has 0 aliphatic rings. The van der Waals surface area contributed by atoms with Gasteiger partial charge in [0.25, 0.3) is 20.0 Å². The topological polar surface area (TPSA) is 74.8 Å². The van der Waals surface area contributed by atoms with Crippen LogP contribution in [-0.4, -0.2) is 37.3 Å². The molecular formula is C20H28N2O4S3. The van der Waals surface area contributed by atoms with E-state index in [1.807, 2.05) is 13.8 Å². The molecule has 0 spiro atoms. The van der Waals surface area contributed by atoms with Gasteiger partial charge in [0.05, 0.1) is 9.79 Å². The Morgan fingerprint density at radius 1 is 0.655 bits per heavy atom.